The van der Waals surface area contributed by atoms with Gasteiger partial charge in [-0.05, 0) is 18.1 Å². The molecule has 0 saturated heterocycles. The van der Waals surface area contributed by atoms with Gasteiger partial charge >= 0.3 is 5.97 Å². The van der Waals surface area contributed by atoms with Crippen LogP contribution in [0.5, 0.6) is 0 Å². The Morgan fingerprint density at radius 3 is 2.42 bits per heavy atom. The van der Waals surface area contributed by atoms with Crippen LogP contribution in [0, 0.1) is 5.92 Å². The monoisotopic (exact) mass is 296 g/mol. The fourth-order valence-electron chi connectivity index (χ4n) is 1.49. The van der Waals surface area contributed by atoms with E-state index in [1.807, 2.05) is 13.8 Å². The number of hydrogen-bond acceptors (Lipinski definition) is 3. The quantitative estimate of drug-likeness (QED) is 0.414. The highest BCUT2D eigenvalue weighted by molar-refractivity contribution is 8.00. The number of esters is 1. The smallest absolute Gasteiger partial charge is 0.319 e. The Kier molecular flexibility index (Phi) is 11.3. The van der Waals surface area contributed by atoms with Crippen LogP contribution in [0.1, 0.15) is 52.9 Å². The average Bonchev–Trinajstić information content (AvgIpc) is 2.33. The summed E-state index contributed by atoms with van der Waals surface area (Å²) >= 11 is 1.31. The van der Waals surface area contributed by atoms with Gasteiger partial charge in [-0.15, -0.1) is 11.8 Å². The van der Waals surface area contributed by atoms with Gasteiger partial charge in [-0.2, -0.15) is 0 Å². The molecule has 0 radical (unpaired) electrons. The maximum absolute atomic E-state index is 12.1. The third-order valence-electron chi connectivity index (χ3n) is 2.55. The molecule has 19 heavy (non-hydrogen) atoms. The van der Waals surface area contributed by atoms with Crippen molar-refractivity contribution in [2.75, 3.05) is 12.4 Å². The summed E-state index contributed by atoms with van der Waals surface area (Å²) in [6.07, 6.45) is 1.35. The van der Waals surface area contributed by atoms with E-state index in [4.69, 9.17) is 4.74 Å². The van der Waals surface area contributed by atoms with Crippen molar-refractivity contribution in [1.29, 1.82) is 0 Å². The molecule has 0 aromatic carbocycles. The molecular weight excluding hydrogens is 270 g/mol. The SMILES string of the molecule is CCCCCC(SCCC(F)F)C(=O)OCC(C)C. The average molecular weight is 296 g/mol. The highest BCUT2D eigenvalue weighted by atomic mass is 32.2. The molecular formula is C14H26F2O2S. The van der Waals surface area contributed by atoms with Crippen molar-refractivity contribution in [2.45, 2.75) is 64.6 Å². The van der Waals surface area contributed by atoms with Crippen molar-refractivity contribution < 1.29 is 18.3 Å². The summed E-state index contributed by atoms with van der Waals surface area (Å²) in [6, 6.07) is 0. The molecule has 0 N–H and O–H groups in total. The van der Waals surface area contributed by atoms with Crippen molar-refractivity contribution in [2.24, 2.45) is 5.92 Å². The highest BCUT2D eigenvalue weighted by Gasteiger charge is 2.21. The number of alkyl halides is 2. The lowest BCUT2D eigenvalue weighted by Gasteiger charge is -2.16. The molecule has 0 amide bonds. The molecule has 0 aliphatic heterocycles. The van der Waals surface area contributed by atoms with Gasteiger partial charge < -0.3 is 4.74 Å². The number of carbonyl (C=O) groups excluding carboxylic acids is 1. The first-order chi connectivity index (χ1) is 8.97. The summed E-state index contributed by atoms with van der Waals surface area (Å²) in [4.78, 5) is 11.9. The number of ether oxygens (including phenoxy) is 1. The summed E-state index contributed by atoms with van der Waals surface area (Å²) in [5.41, 5.74) is 0. The second-order valence-corrected chi connectivity index (χ2v) is 6.37. The van der Waals surface area contributed by atoms with Crippen molar-refractivity contribution in [1.82, 2.24) is 0 Å². The van der Waals surface area contributed by atoms with Gasteiger partial charge in [-0.3, -0.25) is 4.79 Å². The zero-order valence-electron chi connectivity index (χ0n) is 12.2. The van der Waals surface area contributed by atoms with Gasteiger partial charge in [-0.1, -0.05) is 40.0 Å². The van der Waals surface area contributed by atoms with Crippen LogP contribution in [0.3, 0.4) is 0 Å². The van der Waals surface area contributed by atoms with E-state index in [9.17, 15) is 13.6 Å². The molecule has 0 heterocycles. The Balaban J connectivity index is 4.10. The first kappa shape index (κ1) is 18.7. The van der Waals surface area contributed by atoms with Gasteiger partial charge in [0.2, 0.25) is 6.43 Å². The van der Waals surface area contributed by atoms with Crippen molar-refractivity contribution in [3.8, 4) is 0 Å². The minimum Gasteiger partial charge on any atom is -0.465 e. The van der Waals surface area contributed by atoms with Gasteiger partial charge in [-0.25, -0.2) is 8.78 Å². The molecule has 0 saturated carbocycles. The summed E-state index contributed by atoms with van der Waals surface area (Å²) < 4.78 is 29.4. The topological polar surface area (TPSA) is 26.3 Å². The fraction of sp³-hybridized carbons (Fsp3) is 0.929. The zero-order valence-corrected chi connectivity index (χ0v) is 13.0. The molecule has 2 nitrogen and oxygen atoms in total. The number of hydrogen-bond donors (Lipinski definition) is 0. The predicted molar refractivity (Wildman–Crippen MR) is 76.8 cm³/mol. The minimum atomic E-state index is -2.30. The maximum Gasteiger partial charge on any atom is 0.319 e. The molecule has 5 heteroatoms. The normalized spacial score (nSPS) is 13.0. The molecule has 114 valence electrons. The van der Waals surface area contributed by atoms with Crippen LogP contribution in [0.15, 0.2) is 0 Å². The second-order valence-electron chi connectivity index (χ2n) is 5.06. The largest absolute Gasteiger partial charge is 0.465 e. The lowest BCUT2D eigenvalue weighted by atomic mass is 10.1. The Morgan fingerprint density at radius 1 is 1.21 bits per heavy atom. The van der Waals surface area contributed by atoms with E-state index in [1.165, 1.54) is 11.8 Å². The zero-order chi connectivity index (χ0) is 14.7. The van der Waals surface area contributed by atoms with Crippen LogP contribution in [-0.4, -0.2) is 30.0 Å². The standard InChI is InChI=1S/C14H26F2O2S/c1-4-5-6-7-12(19-9-8-13(15)16)14(17)18-10-11(2)3/h11-13H,4-10H2,1-3H3. The lowest BCUT2D eigenvalue weighted by molar-refractivity contribution is -0.144. The van der Waals surface area contributed by atoms with Crippen LogP contribution in [-0.2, 0) is 9.53 Å². The van der Waals surface area contributed by atoms with Gasteiger partial charge in [0, 0.05) is 6.42 Å². The first-order valence-corrected chi connectivity index (χ1v) is 8.08. The molecule has 0 aromatic rings. The molecule has 0 spiro atoms. The Hall–Kier alpha value is -0.320. The van der Waals surface area contributed by atoms with E-state index in [-0.39, 0.29) is 17.6 Å². The number of carbonyl (C=O) groups is 1. The number of rotatable bonds is 11. The summed E-state index contributed by atoms with van der Waals surface area (Å²) in [7, 11) is 0. The van der Waals surface area contributed by atoms with Crippen LogP contribution in [0.4, 0.5) is 8.78 Å². The van der Waals surface area contributed by atoms with Gasteiger partial charge in [0.15, 0.2) is 0 Å². The maximum atomic E-state index is 12.1. The Morgan fingerprint density at radius 2 is 1.89 bits per heavy atom. The number of halogens is 2. The first-order valence-electron chi connectivity index (χ1n) is 7.03. The molecule has 0 bridgehead atoms. The number of unbranched alkanes of at least 4 members (excludes halogenated alkanes) is 2. The van der Waals surface area contributed by atoms with Gasteiger partial charge in [0.1, 0.15) is 5.25 Å². The van der Waals surface area contributed by atoms with Gasteiger partial charge in [0.05, 0.1) is 6.61 Å². The Labute approximate surface area is 119 Å². The van der Waals surface area contributed by atoms with Crippen LogP contribution >= 0.6 is 11.8 Å². The number of thioether (sulfide) groups is 1. The van der Waals surface area contributed by atoms with Crippen molar-refractivity contribution in [3.63, 3.8) is 0 Å². The van der Waals surface area contributed by atoms with Crippen LogP contribution in [0.25, 0.3) is 0 Å². The van der Waals surface area contributed by atoms with Crippen LogP contribution in [0.2, 0.25) is 0 Å². The van der Waals surface area contributed by atoms with E-state index < -0.39 is 6.43 Å². The fourth-order valence-corrected chi connectivity index (χ4v) is 2.63. The van der Waals surface area contributed by atoms with E-state index >= 15 is 0 Å². The summed E-state index contributed by atoms with van der Waals surface area (Å²) in [6.45, 7) is 6.45. The van der Waals surface area contributed by atoms with Gasteiger partial charge in [0.25, 0.3) is 0 Å². The van der Waals surface area contributed by atoms with Crippen molar-refractivity contribution in [3.05, 3.63) is 0 Å². The van der Waals surface area contributed by atoms with Crippen molar-refractivity contribution >= 4 is 17.7 Å². The third kappa shape index (κ3) is 11.2. The summed E-state index contributed by atoms with van der Waals surface area (Å²) in [5.74, 6) is 0.362. The molecule has 1 unspecified atom stereocenters. The second kappa shape index (κ2) is 11.5. The summed E-state index contributed by atoms with van der Waals surface area (Å²) in [5, 5.41) is -0.288. The van der Waals surface area contributed by atoms with E-state index in [0.717, 1.165) is 25.7 Å². The van der Waals surface area contributed by atoms with Crippen LogP contribution < -0.4 is 0 Å². The lowest BCUT2D eigenvalue weighted by Crippen LogP contribution is -2.23. The van der Waals surface area contributed by atoms with E-state index in [0.29, 0.717) is 18.3 Å². The Bertz CT molecular complexity index is 235. The molecule has 0 aromatic heterocycles. The molecule has 0 aliphatic rings. The minimum absolute atomic E-state index is 0.160. The van der Waals surface area contributed by atoms with E-state index in [1.54, 1.807) is 0 Å². The molecule has 0 fully saturated rings. The highest BCUT2D eigenvalue weighted by Crippen LogP contribution is 2.22. The predicted octanol–water partition coefficient (Wildman–Crippen LogP) is 4.52. The molecule has 0 rings (SSSR count). The molecule has 0 aliphatic carbocycles. The third-order valence-corrected chi connectivity index (χ3v) is 3.85. The van der Waals surface area contributed by atoms with E-state index in [2.05, 4.69) is 6.92 Å². The molecule has 1 atom stereocenters.